The van der Waals surface area contributed by atoms with Gasteiger partial charge in [0.25, 0.3) is 0 Å². The molecule has 2 aromatic rings. The van der Waals surface area contributed by atoms with Gasteiger partial charge in [-0.3, -0.25) is 14.4 Å². The Bertz CT molecular complexity index is 714. The molecule has 21 heavy (non-hydrogen) atoms. The lowest BCUT2D eigenvalue weighted by Gasteiger charge is -2.25. The van der Waals surface area contributed by atoms with E-state index in [1.54, 1.807) is 17.8 Å². The number of ether oxygens (including phenoxy) is 1. The average molecular weight is 286 g/mol. The van der Waals surface area contributed by atoms with E-state index in [4.69, 9.17) is 11.3 Å². The monoisotopic (exact) mass is 286 g/mol. The maximum Gasteiger partial charge on any atom is 0.219 e. The third-order valence-electron chi connectivity index (χ3n) is 4.29. The molecule has 1 saturated carbocycles. The van der Waals surface area contributed by atoms with Crippen LogP contribution in [0.5, 0.6) is 0 Å². The number of aromatic nitrogens is 3. The molecule has 0 radical (unpaired) electrons. The van der Waals surface area contributed by atoms with Crippen LogP contribution in [-0.4, -0.2) is 33.6 Å². The lowest BCUT2D eigenvalue weighted by molar-refractivity contribution is 0.0651. The van der Waals surface area contributed by atoms with Crippen molar-refractivity contribution < 1.29 is 9.53 Å². The summed E-state index contributed by atoms with van der Waals surface area (Å²) in [5, 5.41) is 3.22. The fraction of sp³-hybridized carbons (Fsp3) is 0.533. The quantitative estimate of drug-likeness (QED) is 0.696. The Morgan fingerprint density at radius 3 is 2.76 bits per heavy atom. The first-order valence-corrected chi connectivity index (χ1v) is 7.16. The largest absolute Gasteiger partial charge is 0.381 e. The first kappa shape index (κ1) is 13.8. The van der Waals surface area contributed by atoms with Gasteiger partial charge >= 0.3 is 0 Å². The zero-order valence-electron chi connectivity index (χ0n) is 12.2. The first-order chi connectivity index (χ1) is 10.1. The molecule has 0 saturated heterocycles. The van der Waals surface area contributed by atoms with Gasteiger partial charge in [0.15, 0.2) is 11.4 Å². The van der Waals surface area contributed by atoms with E-state index in [2.05, 4.69) is 14.9 Å². The molecule has 6 heteroatoms. The molecule has 0 bridgehead atoms. The predicted molar refractivity (Wildman–Crippen MR) is 77.8 cm³/mol. The number of hydrogen-bond donors (Lipinski definition) is 1. The second kappa shape index (κ2) is 5.34. The van der Waals surface area contributed by atoms with Gasteiger partial charge in [-0.1, -0.05) is 0 Å². The summed E-state index contributed by atoms with van der Waals surface area (Å²) in [4.78, 5) is 19.7. The molecule has 0 unspecified atom stereocenters. The van der Waals surface area contributed by atoms with E-state index < -0.39 is 0 Å². The second-order valence-electron chi connectivity index (χ2n) is 5.57. The average Bonchev–Trinajstić information content (AvgIpc) is 3.03. The maximum atomic E-state index is 11.7. The number of nitrogens with zero attached hydrogens (tertiary/aromatic N) is 3. The van der Waals surface area contributed by atoms with Gasteiger partial charge in [-0.05, 0) is 32.6 Å². The number of carbonyl (C=O) groups excluding carboxylic acids is 1. The summed E-state index contributed by atoms with van der Waals surface area (Å²) < 4.78 is 7.08. The van der Waals surface area contributed by atoms with Crippen molar-refractivity contribution in [2.45, 2.75) is 44.6 Å². The second-order valence-corrected chi connectivity index (χ2v) is 5.57. The van der Waals surface area contributed by atoms with E-state index in [9.17, 15) is 4.79 Å². The zero-order valence-corrected chi connectivity index (χ0v) is 12.2. The van der Waals surface area contributed by atoms with Crippen LogP contribution in [0.15, 0.2) is 6.20 Å². The third kappa shape index (κ3) is 2.34. The van der Waals surface area contributed by atoms with Crippen molar-refractivity contribution in [3.8, 4) is 0 Å². The van der Waals surface area contributed by atoms with E-state index in [0.717, 1.165) is 31.5 Å². The van der Waals surface area contributed by atoms with Crippen molar-refractivity contribution in [1.29, 1.82) is 0 Å². The molecular weight excluding hydrogens is 268 g/mol. The lowest BCUT2D eigenvalue weighted by Crippen LogP contribution is -2.20. The highest BCUT2D eigenvalue weighted by Gasteiger charge is 2.26. The van der Waals surface area contributed by atoms with Crippen molar-refractivity contribution in [1.82, 2.24) is 14.6 Å². The van der Waals surface area contributed by atoms with Gasteiger partial charge in [0.1, 0.15) is 5.82 Å². The molecule has 1 fully saturated rings. The summed E-state index contributed by atoms with van der Waals surface area (Å²) in [6.45, 7) is 8.62. The molecule has 2 heterocycles. The van der Waals surface area contributed by atoms with Crippen LogP contribution in [0.1, 0.15) is 54.7 Å². The number of carbonyl (C=O) groups is 1. The van der Waals surface area contributed by atoms with Gasteiger partial charge in [-0.25, -0.2) is 9.83 Å². The summed E-state index contributed by atoms with van der Waals surface area (Å²) in [7, 11) is 1.76. The minimum Gasteiger partial charge on any atom is -0.381 e. The Morgan fingerprint density at radius 2 is 2.19 bits per heavy atom. The molecule has 0 amide bonds. The van der Waals surface area contributed by atoms with Gasteiger partial charge in [0.2, 0.25) is 5.69 Å². The Morgan fingerprint density at radius 1 is 1.48 bits per heavy atom. The van der Waals surface area contributed by atoms with Crippen LogP contribution < -0.4 is 0 Å². The van der Waals surface area contributed by atoms with Crippen LogP contribution in [0.2, 0.25) is 0 Å². The topological polar surface area (TPSA) is 63.8 Å². The zero-order chi connectivity index (χ0) is 15.0. The Labute approximate surface area is 122 Å². The number of Topliss-reactive ketones (excluding diaryl/α,β-unsaturated/α-hetero) is 1. The van der Waals surface area contributed by atoms with Gasteiger partial charge in [0, 0.05) is 19.2 Å². The van der Waals surface area contributed by atoms with E-state index >= 15 is 0 Å². The highest BCUT2D eigenvalue weighted by Crippen LogP contribution is 2.34. The fourth-order valence-electron chi connectivity index (χ4n) is 3.12. The SMILES string of the molecule is [C-]#[N+]c1cn2[nH]c(C3CCC(OC)CC3)nc2c1C(C)=O. The van der Waals surface area contributed by atoms with Crippen LogP contribution in [0.3, 0.4) is 0 Å². The molecular formula is C15H18N4O2. The number of hydrogen-bond acceptors (Lipinski definition) is 3. The summed E-state index contributed by atoms with van der Waals surface area (Å²) in [5.74, 6) is 1.15. The van der Waals surface area contributed by atoms with Crippen LogP contribution in [-0.2, 0) is 4.74 Å². The minimum absolute atomic E-state index is 0.121. The summed E-state index contributed by atoms with van der Waals surface area (Å²) in [6.07, 6.45) is 6.12. The standard InChI is InChI=1S/C15H18N4O2/c1-9(20)13-12(16-2)8-19-15(13)17-14(18-19)10-4-6-11(21-3)7-5-10/h8,10-11H,4-7H2,1,3H3,(H,17,18). The first-order valence-electron chi connectivity index (χ1n) is 7.16. The molecule has 0 spiro atoms. The van der Waals surface area contributed by atoms with E-state index in [1.165, 1.54) is 6.92 Å². The lowest BCUT2D eigenvalue weighted by atomic mass is 9.87. The van der Waals surface area contributed by atoms with Crippen molar-refractivity contribution >= 4 is 17.1 Å². The molecule has 0 atom stereocenters. The highest BCUT2D eigenvalue weighted by atomic mass is 16.5. The molecule has 3 rings (SSSR count). The van der Waals surface area contributed by atoms with Crippen LogP contribution >= 0.6 is 0 Å². The molecule has 110 valence electrons. The number of rotatable bonds is 3. The van der Waals surface area contributed by atoms with Gasteiger partial charge in [0.05, 0.1) is 18.2 Å². The van der Waals surface area contributed by atoms with Gasteiger partial charge in [-0.15, -0.1) is 0 Å². The van der Waals surface area contributed by atoms with E-state index in [1.807, 2.05) is 0 Å². The number of aromatic amines is 1. The number of ketones is 1. The predicted octanol–water partition coefficient (Wildman–Crippen LogP) is 3.09. The van der Waals surface area contributed by atoms with Crippen molar-refractivity contribution in [3.63, 3.8) is 0 Å². The molecule has 1 aliphatic carbocycles. The Kier molecular flexibility index (Phi) is 3.52. The van der Waals surface area contributed by atoms with Crippen LogP contribution in [0.25, 0.3) is 10.5 Å². The normalized spacial score (nSPS) is 22.3. The van der Waals surface area contributed by atoms with E-state index in [0.29, 0.717) is 28.9 Å². The number of methoxy groups -OCH3 is 1. The molecule has 1 aliphatic rings. The van der Waals surface area contributed by atoms with Crippen molar-refractivity contribution in [2.75, 3.05) is 7.11 Å². The summed E-state index contributed by atoms with van der Waals surface area (Å²) >= 11 is 0. The Balaban J connectivity index is 1.92. The molecule has 0 aromatic carbocycles. The minimum atomic E-state index is -0.121. The maximum absolute atomic E-state index is 11.7. The summed E-state index contributed by atoms with van der Waals surface area (Å²) in [6, 6.07) is 0. The summed E-state index contributed by atoms with van der Waals surface area (Å²) in [5.41, 5.74) is 1.34. The fourth-order valence-corrected chi connectivity index (χ4v) is 3.12. The number of H-pyrrole nitrogens is 1. The molecule has 2 aromatic heterocycles. The van der Waals surface area contributed by atoms with E-state index in [-0.39, 0.29) is 5.78 Å². The van der Waals surface area contributed by atoms with Gasteiger partial charge < -0.3 is 4.74 Å². The van der Waals surface area contributed by atoms with Gasteiger partial charge in [-0.2, -0.15) is 0 Å². The molecule has 0 aliphatic heterocycles. The van der Waals surface area contributed by atoms with Crippen molar-refractivity contribution in [2.24, 2.45) is 0 Å². The highest BCUT2D eigenvalue weighted by molar-refractivity contribution is 6.05. The van der Waals surface area contributed by atoms with Crippen LogP contribution in [0.4, 0.5) is 5.69 Å². The number of fused-ring (bicyclic) bond motifs is 1. The van der Waals surface area contributed by atoms with Crippen molar-refractivity contribution in [3.05, 3.63) is 29.0 Å². The Hall–Kier alpha value is -2.13. The third-order valence-corrected chi connectivity index (χ3v) is 4.29. The molecule has 1 N–H and O–H groups in total. The van der Waals surface area contributed by atoms with Crippen LogP contribution in [0, 0.1) is 6.57 Å². The smallest absolute Gasteiger partial charge is 0.219 e. The number of nitrogens with one attached hydrogen (secondary N) is 1. The molecule has 6 nitrogen and oxygen atoms in total.